The molecule has 0 fully saturated rings. The average Bonchev–Trinajstić information content (AvgIpc) is 2.53. The van der Waals surface area contributed by atoms with Crippen LogP contribution < -0.4 is 5.56 Å². The highest BCUT2D eigenvalue weighted by molar-refractivity contribution is 5.80. The van der Waals surface area contributed by atoms with Crippen LogP contribution in [-0.4, -0.2) is 14.5 Å². The molecule has 6 heteroatoms. The van der Waals surface area contributed by atoms with E-state index >= 15 is 0 Å². The first-order chi connectivity index (χ1) is 11.0. The Hall–Kier alpha value is -3.02. The summed E-state index contributed by atoms with van der Waals surface area (Å²) in [5.74, 6) is 0.580. The van der Waals surface area contributed by atoms with Gasteiger partial charge in [-0.15, -0.1) is 0 Å². The zero-order valence-corrected chi connectivity index (χ0v) is 12.8. The van der Waals surface area contributed by atoms with E-state index in [1.807, 2.05) is 31.2 Å². The van der Waals surface area contributed by atoms with Gasteiger partial charge in [-0.1, -0.05) is 29.8 Å². The largest absolute Gasteiger partial charge is 0.292 e. The number of nitro benzene ring substituents is 1. The molecule has 0 atom stereocenters. The lowest BCUT2D eigenvalue weighted by atomic mass is 10.1. The van der Waals surface area contributed by atoms with Crippen molar-refractivity contribution in [3.8, 4) is 0 Å². The molecule has 0 radical (unpaired) electrons. The molecule has 0 aliphatic heterocycles. The summed E-state index contributed by atoms with van der Waals surface area (Å²) in [5.41, 5.74) is 2.22. The van der Waals surface area contributed by atoms with Crippen LogP contribution in [-0.2, 0) is 6.54 Å². The summed E-state index contributed by atoms with van der Waals surface area (Å²) in [5, 5.41) is 11.2. The first-order valence-electron chi connectivity index (χ1n) is 7.17. The number of non-ortho nitro benzene ring substituents is 1. The zero-order chi connectivity index (χ0) is 16.6. The number of nitrogens with zero attached hydrogens (tertiary/aromatic N) is 3. The molecule has 0 unspecified atom stereocenters. The minimum absolute atomic E-state index is 0.109. The lowest BCUT2D eigenvalue weighted by Crippen LogP contribution is -2.24. The van der Waals surface area contributed by atoms with E-state index in [4.69, 9.17) is 0 Å². The van der Waals surface area contributed by atoms with E-state index in [1.165, 1.54) is 22.8 Å². The fraction of sp³-hybridized carbons (Fsp3) is 0.176. The Morgan fingerprint density at radius 1 is 1.13 bits per heavy atom. The Bertz CT molecular complexity index is 959. The molecular weight excluding hydrogens is 294 g/mol. The molecule has 0 N–H and O–H groups in total. The standard InChI is InChI=1S/C17H15N3O3/c1-11-3-5-13(6-4-11)10-19-12(2)18-16-8-7-14(20(22)23)9-15(16)17(19)21/h3-9H,10H2,1-2H3. The number of hydrogen-bond acceptors (Lipinski definition) is 4. The van der Waals surface area contributed by atoms with Gasteiger partial charge in [-0.05, 0) is 25.5 Å². The molecule has 0 spiro atoms. The van der Waals surface area contributed by atoms with E-state index in [1.54, 1.807) is 6.92 Å². The van der Waals surface area contributed by atoms with Gasteiger partial charge in [0.1, 0.15) is 5.82 Å². The highest BCUT2D eigenvalue weighted by Crippen LogP contribution is 2.17. The predicted octanol–water partition coefficient (Wildman–Crippen LogP) is 2.97. The van der Waals surface area contributed by atoms with Gasteiger partial charge in [0.15, 0.2) is 0 Å². The molecule has 0 aliphatic rings. The third-order valence-corrected chi connectivity index (χ3v) is 3.80. The Labute approximate surface area is 132 Å². The lowest BCUT2D eigenvalue weighted by Gasteiger charge is -2.11. The predicted molar refractivity (Wildman–Crippen MR) is 87.7 cm³/mol. The summed E-state index contributed by atoms with van der Waals surface area (Å²) in [6.07, 6.45) is 0. The van der Waals surface area contributed by atoms with Gasteiger partial charge in [0.2, 0.25) is 0 Å². The van der Waals surface area contributed by atoms with Crippen LogP contribution in [0.25, 0.3) is 10.9 Å². The molecule has 0 saturated carbocycles. The van der Waals surface area contributed by atoms with Gasteiger partial charge in [-0.2, -0.15) is 0 Å². The van der Waals surface area contributed by atoms with Crippen molar-refractivity contribution < 1.29 is 4.92 Å². The Morgan fingerprint density at radius 2 is 1.83 bits per heavy atom. The van der Waals surface area contributed by atoms with E-state index in [0.717, 1.165) is 11.1 Å². The van der Waals surface area contributed by atoms with Crippen LogP contribution in [0, 0.1) is 24.0 Å². The van der Waals surface area contributed by atoms with Crippen LogP contribution in [0.2, 0.25) is 0 Å². The SMILES string of the molecule is Cc1ccc(Cn2c(C)nc3ccc([N+](=O)[O-])cc3c2=O)cc1. The van der Waals surface area contributed by atoms with Crippen molar-refractivity contribution in [1.29, 1.82) is 0 Å². The van der Waals surface area contributed by atoms with E-state index in [9.17, 15) is 14.9 Å². The molecule has 2 aromatic carbocycles. The van der Waals surface area contributed by atoms with Gasteiger partial charge < -0.3 is 0 Å². The number of aryl methyl sites for hydroxylation is 2. The molecule has 1 heterocycles. The van der Waals surface area contributed by atoms with Crippen molar-refractivity contribution in [2.75, 3.05) is 0 Å². The van der Waals surface area contributed by atoms with Gasteiger partial charge in [0, 0.05) is 12.1 Å². The minimum atomic E-state index is -0.511. The summed E-state index contributed by atoms with van der Waals surface area (Å²) in [7, 11) is 0. The number of fused-ring (bicyclic) bond motifs is 1. The second-order valence-corrected chi connectivity index (χ2v) is 5.49. The van der Waals surface area contributed by atoms with Crippen molar-refractivity contribution in [2.45, 2.75) is 20.4 Å². The molecule has 0 saturated heterocycles. The number of rotatable bonds is 3. The van der Waals surface area contributed by atoms with Crippen molar-refractivity contribution in [3.63, 3.8) is 0 Å². The van der Waals surface area contributed by atoms with Crippen LogP contribution in [0.15, 0.2) is 47.3 Å². The molecular formula is C17H15N3O3. The van der Waals surface area contributed by atoms with Crippen LogP contribution >= 0.6 is 0 Å². The monoisotopic (exact) mass is 309 g/mol. The Morgan fingerprint density at radius 3 is 2.48 bits per heavy atom. The second-order valence-electron chi connectivity index (χ2n) is 5.49. The first-order valence-corrected chi connectivity index (χ1v) is 7.17. The first kappa shape index (κ1) is 14.9. The summed E-state index contributed by atoms with van der Waals surface area (Å²) in [6.45, 7) is 4.14. The smallest absolute Gasteiger partial charge is 0.270 e. The van der Waals surface area contributed by atoms with Gasteiger partial charge in [0.05, 0.1) is 22.4 Å². The quantitative estimate of drug-likeness (QED) is 0.550. The number of nitro groups is 1. The van der Waals surface area contributed by atoms with Crippen LogP contribution in [0.3, 0.4) is 0 Å². The zero-order valence-electron chi connectivity index (χ0n) is 12.8. The summed E-state index contributed by atoms with van der Waals surface area (Å²) < 4.78 is 1.54. The third kappa shape index (κ3) is 2.83. The lowest BCUT2D eigenvalue weighted by molar-refractivity contribution is -0.384. The molecule has 23 heavy (non-hydrogen) atoms. The third-order valence-electron chi connectivity index (χ3n) is 3.80. The highest BCUT2D eigenvalue weighted by atomic mass is 16.6. The maximum atomic E-state index is 12.7. The normalized spacial score (nSPS) is 10.9. The number of hydrogen-bond donors (Lipinski definition) is 0. The Kier molecular flexibility index (Phi) is 3.65. The van der Waals surface area contributed by atoms with E-state index in [-0.39, 0.29) is 16.6 Å². The van der Waals surface area contributed by atoms with Crippen molar-refractivity contribution in [2.24, 2.45) is 0 Å². The average molecular weight is 309 g/mol. The van der Waals surface area contributed by atoms with Gasteiger partial charge in [0.25, 0.3) is 11.2 Å². The maximum Gasteiger partial charge on any atom is 0.270 e. The second kappa shape index (κ2) is 5.64. The fourth-order valence-corrected chi connectivity index (χ4v) is 2.50. The van der Waals surface area contributed by atoms with Crippen molar-refractivity contribution >= 4 is 16.6 Å². The topological polar surface area (TPSA) is 78.0 Å². The van der Waals surface area contributed by atoms with Crippen LogP contribution in [0.1, 0.15) is 17.0 Å². The molecule has 3 aromatic rings. The highest BCUT2D eigenvalue weighted by Gasteiger charge is 2.13. The summed E-state index contributed by atoms with van der Waals surface area (Å²) in [4.78, 5) is 27.5. The molecule has 0 amide bonds. The minimum Gasteiger partial charge on any atom is -0.292 e. The van der Waals surface area contributed by atoms with E-state index in [0.29, 0.717) is 17.9 Å². The van der Waals surface area contributed by atoms with Crippen LogP contribution in [0.4, 0.5) is 5.69 Å². The van der Waals surface area contributed by atoms with E-state index in [2.05, 4.69) is 4.98 Å². The molecule has 1 aromatic heterocycles. The molecule has 0 aliphatic carbocycles. The van der Waals surface area contributed by atoms with Gasteiger partial charge in [-0.3, -0.25) is 19.5 Å². The number of aromatic nitrogens is 2. The fourth-order valence-electron chi connectivity index (χ4n) is 2.50. The van der Waals surface area contributed by atoms with Crippen molar-refractivity contribution in [1.82, 2.24) is 9.55 Å². The molecule has 3 rings (SSSR count). The number of benzene rings is 2. The van der Waals surface area contributed by atoms with Gasteiger partial charge >= 0.3 is 0 Å². The van der Waals surface area contributed by atoms with Crippen LogP contribution in [0.5, 0.6) is 0 Å². The Balaban J connectivity index is 2.14. The molecule has 116 valence electrons. The molecule has 6 nitrogen and oxygen atoms in total. The summed E-state index contributed by atoms with van der Waals surface area (Å²) in [6, 6.07) is 12.0. The van der Waals surface area contributed by atoms with Crippen molar-refractivity contribution in [3.05, 3.63) is 79.9 Å². The molecule has 0 bridgehead atoms. The summed E-state index contributed by atoms with van der Waals surface area (Å²) >= 11 is 0. The maximum absolute atomic E-state index is 12.7. The van der Waals surface area contributed by atoms with E-state index < -0.39 is 4.92 Å². The van der Waals surface area contributed by atoms with Gasteiger partial charge in [-0.25, -0.2) is 4.98 Å².